The standard InChI is InChI=1S/C85H145NO13/c1-3-5-7-9-11-13-15-17-19-21-23-25-27-29-31-32-33-34-35-36-37-38-39-40-41-42-43-45-47-49-51-53-55-57-59-61-63-65-67-69-77(90)86-73(72-96-84-82(95)80(93)83(76(71-88)98-84)99-85-81(94)79(92)78(91)75(70-87)97-85)74(89)68-66-64-62-60-58-56-54-52-50-48-46-44-30-28-26-24-22-20-18-16-14-12-10-8-6-4-2/h5,7,11,13,17,19,23,25,29,31,33-34,36-37,39-40,42-43,47,49,53,55,73-76,78-85,87-89,91-95H,3-4,6,8-10,12,14-16,18,20-22,24,26-28,30,32,35,38,41,44-46,48,50-52,54,56-72H2,1-2H3,(H,86,90)/b7-5-,13-11-,19-17-,25-23-,31-29-,34-33-,37-36-,40-39-,43-42-,49-47-,55-53-. The summed E-state index contributed by atoms with van der Waals surface area (Å²) in [5.74, 6) is -0.227. The van der Waals surface area contributed by atoms with Gasteiger partial charge < -0.3 is 65.1 Å². The molecule has 99 heavy (non-hydrogen) atoms. The van der Waals surface area contributed by atoms with Crippen molar-refractivity contribution in [3.05, 3.63) is 134 Å². The topological polar surface area (TPSA) is 228 Å². The van der Waals surface area contributed by atoms with Crippen molar-refractivity contribution >= 4 is 5.91 Å². The SMILES string of the molecule is CC/C=C\C/C=C\C/C=C\C/C=C\C/C=C\C/C=C\C/C=C\C/C=C\C/C=C\C/C=C\C/C=C\CCCCCCCC(=O)NC(COC1OC(CO)C(OC2OC(CO)C(O)C(O)C2O)C(O)C1O)C(O)CCCCCCCCCCCCCCCCCCCCCCCCCCCC. The first-order chi connectivity index (χ1) is 48.6. The van der Waals surface area contributed by atoms with Gasteiger partial charge in [-0.3, -0.25) is 4.79 Å². The third-order valence-electron chi connectivity index (χ3n) is 18.6. The highest BCUT2D eigenvalue weighted by atomic mass is 16.7. The van der Waals surface area contributed by atoms with Crippen LogP contribution < -0.4 is 5.32 Å². The third-order valence-corrected chi connectivity index (χ3v) is 18.6. The first-order valence-corrected chi connectivity index (χ1v) is 39.9. The van der Waals surface area contributed by atoms with Gasteiger partial charge in [0, 0.05) is 6.42 Å². The van der Waals surface area contributed by atoms with Gasteiger partial charge in [0.05, 0.1) is 32.0 Å². The molecule has 2 aliphatic rings. The van der Waals surface area contributed by atoms with Crippen molar-refractivity contribution in [1.29, 1.82) is 0 Å². The molecule has 0 spiro atoms. The van der Waals surface area contributed by atoms with Gasteiger partial charge in [0.1, 0.15) is 48.8 Å². The molecule has 12 unspecified atom stereocenters. The number of allylic oxidation sites excluding steroid dienone is 22. The van der Waals surface area contributed by atoms with Crippen LogP contribution in [0.3, 0.4) is 0 Å². The summed E-state index contributed by atoms with van der Waals surface area (Å²) < 4.78 is 23.0. The van der Waals surface area contributed by atoms with E-state index >= 15 is 0 Å². The number of hydrogen-bond acceptors (Lipinski definition) is 13. The van der Waals surface area contributed by atoms with Crippen LogP contribution in [0, 0.1) is 0 Å². The summed E-state index contributed by atoms with van der Waals surface area (Å²) >= 11 is 0. The van der Waals surface area contributed by atoms with Gasteiger partial charge >= 0.3 is 0 Å². The lowest BCUT2D eigenvalue weighted by atomic mass is 9.97. The quantitative estimate of drug-likeness (QED) is 0.0204. The smallest absolute Gasteiger partial charge is 0.220 e. The second-order valence-electron chi connectivity index (χ2n) is 27.5. The van der Waals surface area contributed by atoms with E-state index in [4.69, 9.17) is 18.9 Å². The molecule has 14 nitrogen and oxygen atoms in total. The molecule has 0 bridgehead atoms. The minimum absolute atomic E-state index is 0.227. The lowest BCUT2D eigenvalue weighted by Gasteiger charge is -2.46. The molecule has 2 heterocycles. The van der Waals surface area contributed by atoms with Crippen molar-refractivity contribution in [1.82, 2.24) is 5.32 Å². The molecule has 2 aliphatic heterocycles. The van der Waals surface area contributed by atoms with Crippen LogP contribution in [0.15, 0.2) is 134 Å². The van der Waals surface area contributed by atoms with E-state index in [-0.39, 0.29) is 18.9 Å². The Morgan fingerprint density at radius 3 is 1.07 bits per heavy atom. The maximum absolute atomic E-state index is 13.4. The van der Waals surface area contributed by atoms with Gasteiger partial charge in [0.25, 0.3) is 0 Å². The van der Waals surface area contributed by atoms with Gasteiger partial charge in [-0.15, -0.1) is 0 Å². The fraction of sp³-hybridized carbons (Fsp3) is 0.729. The number of aliphatic hydroxyl groups excluding tert-OH is 8. The number of hydrogen-bond donors (Lipinski definition) is 9. The van der Waals surface area contributed by atoms with E-state index in [1.807, 2.05) is 0 Å². The fourth-order valence-electron chi connectivity index (χ4n) is 12.4. The largest absolute Gasteiger partial charge is 0.394 e. The molecule has 9 N–H and O–H groups in total. The summed E-state index contributed by atoms with van der Waals surface area (Å²) in [6, 6.07) is -0.851. The van der Waals surface area contributed by atoms with Crippen LogP contribution in [0.1, 0.15) is 303 Å². The van der Waals surface area contributed by atoms with Gasteiger partial charge in [-0.25, -0.2) is 0 Å². The molecule has 0 saturated carbocycles. The van der Waals surface area contributed by atoms with Crippen molar-refractivity contribution in [2.24, 2.45) is 0 Å². The average molecular weight is 1390 g/mol. The molecule has 2 rings (SSSR count). The van der Waals surface area contributed by atoms with Gasteiger partial charge in [-0.1, -0.05) is 334 Å². The Kier molecular flexibility index (Phi) is 62.0. The minimum atomic E-state index is -1.79. The number of amides is 1. The summed E-state index contributed by atoms with van der Waals surface area (Å²) in [4.78, 5) is 13.4. The van der Waals surface area contributed by atoms with E-state index < -0.39 is 86.8 Å². The number of carbonyl (C=O) groups is 1. The molecule has 2 fully saturated rings. The second-order valence-corrected chi connectivity index (χ2v) is 27.5. The molecule has 14 heteroatoms. The van der Waals surface area contributed by atoms with Crippen molar-refractivity contribution in [2.75, 3.05) is 19.8 Å². The molecule has 1 amide bonds. The zero-order valence-electron chi connectivity index (χ0n) is 62.2. The van der Waals surface area contributed by atoms with E-state index in [2.05, 4.69) is 153 Å². The average Bonchev–Trinajstić information content (AvgIpc) is 0.794. The van der Waals surface area contributed by atoms with Gasteiger partial charge in [0.15, 0.2) is 12.6 Å². The predicted octanol–water partition coefficient (Wildman–Crippen LogP) is 18.2. The predicted molar refractivity (Wildman–Crippen MR) is 410 cm³/mol. The van der Waals surface area contributed by atoms with Crippen LogP contribution in [0.5, 0.6) is 0 Å². The monoisotopic (exact) mass is 1390 g/mol. The molecule has 2 saturated heterocycles. The maximum atomic E-state index is 13.4. The van der Waals surface area contributed by atoms with E-state index in [0.717, 1.165) is 128 Å². The van der Waals surface area contributed by atoms with Crippen molar-refractivity contribution < 1.29 is 64.6 Å². The van der Waals surface area contributed by atoms with Gasteiger partial charge in [-0.05, 0) is 96.3 Å². The first kappa shape index (κ1) is 91.2. The summed E-state index contributed by atoms with van der Waals surface area (Å²) in [5, 5.41) is 87.8. The Labute approximate surface area is 602 Å². The Morgan fingerprint density at radius 2 is 0.697 bits per heavy atom. The second kappa shape index (κ2) is 67.3. The van der Waals surface area contributed by atoms with Crippen molar-refractivity contribution in [2.45, 2.75) is 376 Å². The summed E-state index contributed by atoms with van der Waals surface area (Å²) in [6.07, 6.45) is 83.3. The molecule has 0 radical (unpaired) electrons. The van der Waals surface area contributed by atoms with Gasteiger partial charge in [-0.2, -0.15) is 0 Å². The first-order valence-electron chi connectivity index (χ1n) is 39.9. The molecule has 0 aromatic heterocycles. The Balaban J connectivity index is 1.64. The third kappa shape index (κ3) is 50.2. The molecule has 12 atom stereocenters. The molecule has 0 aromatic rings. The van der Waals surface area contributed by atoms with Crippen LogP contribution in [-0.2, 0) is 23.7 Å². The van der Waals surface area contributed by atoms with E-state index in [0.29, 0.717) is 12.8 Å². The van der Waals surface area contributed by atoms with Crippen molar-refractivity contribution in [3.8, 4) is 0 Å². The highest BCUT2D eigenvalue weighted by Gasteiger charge is 2.51. The van der Waals surface area contributed by atoms with Crippen LogP contribution in [0.25, 0.3) is 0 Å². The summed E-state index contributed by atoms with van der Waals surface area (Å²) in [7, 11) is 0. The fourth-order valence-corrected chi connectivity index (χ4v) is 12.4. The molecule has 0 aliphatic carbocycles. The molecule has 0 aromatic carbocycles. The van der Waals surface area contributed by atoms with Crippen LogP contribution in [0.2, 0.25) is 0 Å². The van der Waals surface area contributed by atoms with Crippen molar-refractivity contribution in [3.63, 3.8) is 0 Å². The lowest BCUT2D eigenvalue weighted by molar-refractivity contribution is -0.359. The zero-order chi connectivity index (χ0) is 71.5. The molecular weight excluding hydrogens is 1240 g/mol. The Hall–Kier alpha value is -3.87. The normalized spacial score (nSPS) is 22.7. The lowest BCUT2D eigenvalue weighted by Crippen LogP contribution is -2.65. The summed E-state index contributed by atoms with van der Waals surface area (Å²) in [5.41, 5.74) is 0. The van der Waals surface area contributed by atoms with E-state index in [1.165, 1.54) is 141 Å². The number of unbranched alkanes of at least 4 members (excludes halogenated alkanes) is 30. The summed E-state index contributed by atoms with van der Waals surface area (Å²) in [6.45, 7) is 2.76. The number of ether oxygens (including phenoxy) is 4. The highest BCUT2D eigenvalue weighted by Crippen LogP contribution is 2.30. The maximum Gasteiger partial charge on any atom is 0.220 e. The zero-order valence-corrected chi connectivity index (χ0v) is 62.2. The van der Waals surface area contributed by atoms with Crippen LogP contribution >= 0.6 is 0 Å². The van der Waals surface area contributed by atoms with E-state index in [1.54, 1.807) is 0 Å². The Bertz CT molecular complexity index is 2180. The minimum Gasteiger partial charge on any atom is -0.394 e. The van der Waals surface area contributed by atoms with Crippen LogP contribution in [0.4, 0.5) is 0 Å². The number of carbonyl (C=O) groups excluding carboxylic acids is 1. The molecule has 568 valence electrons. The number of nitrogens with one attached hydrogen (secondary N) is 1. The number of rotatable bonds is 65. The number of aliphatic hydroxyl groups is 8. The van der Waals surface area contributed by atoms with Crippen LogP contribution in [-0.4, -0.2) is 140 Å². The Morgan fingerprint density at radius 1 is 0.374 bits per heavy atom. The van der Waals surface area contributed by atoms with E-state index in [9.17, 15) is 45.6 Å². The molecular formula is C85H145NO13. The highest BCUT2D eigenvalue weighted by molar-refractivity contribution is 5.76. The van der Waals surface area contributed by atoms with Gasteiger partial charge in [0.2, 0.25) is 5.91 Å².